The molecule has 0 spiro atoms. The monoisotopic (exact) mass is 284 g/mol. The number of halogens is 4. The van der Waals surface area contributed by atoms with E-state index >= 15 is 0 Å². The summed E-state index contributed by atoms with van der Waals surface area (Å²) in [6, 6.07) is 4.03. The highest BCUT2D eigenvalue weighted by molar-refractivity contribution is 9.10. The maximum atomic E-state index is 12.2. The van der Waals surface area contributed by atoms with Crippen LogP contribution in [0.3, 0.4) is 0 Å². The molecule has 0 saturated carbocycles. The standard InChI is InChI=1S/C9H8BrF3O2/c1-15-5-2-3-7(10)6(4-5)8(14)9(11,12)13/h2-4,8,14H,1H3/t8-/m1/s1. The van der Waals surface area contributed by atoms with Crippen molar-refractivity contribution in [1.82, 2.24) is 0 Å². The van der Waals surface area contributed by atoms with Crippen LogP contribution < -0.4 is 4.74 Å². The number of aliphatic hydroxyl groups is 1. The van der Waals surface area contributed by atoms with Crippen LogP contribution in [0, 0.1) is 0 Å². The van der Waals surface area contributed by atoms with Crippen molar-refractivity contribution in [3.05, 3.63) is 28.2 Å². The van der Waals surface area contributed by atoms with Crippen molar-refractivity contribution >= 4 is 15.9 Å². The number of hydrogen-bond donors (Lipinski definition) is 1. The molecule has 1 rings (SSSR count). The number of ether oxygens (including phenoxy) is 1. The van der Waals surface area contributed by atoms with Crippen molar-refractivity contribution in [3.63, 3.8) is 0 Å². The van der Waals surface area contributed by atoms with Gasteiger partial charge in [0.15, 0.2) is 6.10 Å². The van der Waals surface area contributed by atoms with Crippen molar-refractivity contribution in [2.24, 2.45) is 0 Å². The molecule has 0 radical (unpaired) electrons. The summed E-state index contributed by atoms with van der Waals surface area (Å²) in [5.74, 6) is 0.261. The fourth-order valence-electron chi connectivity index (χ4n) is 1.03. The largest absolute Gasteiger partial charge is 0.497 e. The highest BCUT2D eigenvalue weighted by atomic mass is 79.9. The highest BCUT2D eigenvalue weighted by Gasteiger charge is 2.40. The minimum Gasteiger partial charge on any atom is -0.497 e. The SMILES string of the molecule is COc1ccc(Br)c([C@@H](O)C(F)(F)F)c1. The van der Waals surface area contributed by atoms with Crippen molar-refractivity contribution in [2.45, 2.75) is 12.3 Å². The van der Waals surface area contributed by atoms with Crippen LogP contribution >= 0.6 is 15.9 Å². The fourth-order valence-corrected chi connectivity index (χ4v) is 1.50. The lowest BCUT2D eigenvalue weighted by molar-refractivity contribution is -0.207. The minimum atomic E-state index is -4.69. The summed E-state index contributed by atoms with van der Waals surface area (Å²) in [4.78, 5) is 0. The highest BCUT2D eigenvalue weighted by Crippen LogP contribution is 2.37. The Hall–Kier alpha value is -0.750. The van der Waals surface area contributed by atoms with Crippen LogP contribution in [0.5, 0.6) is 5.75 Å². The van der Waals surface area contributed by atoms with Crippen LogP contribution in [0.2, 0.25) is 0 Å². The molecule has 0 aliphatic carbocycles. The van der Waals surface area contributed by atoms with Gasteiger partial charge in [0.05, 0.1) is 7.11 Å². The van der Waals surface area contributed by atoms with Crippen LogP contribution in [0.25, 0.3) is 0 Å². The molecule has 0 unspecified atom stereocenters. The van der Waals surface area contributed by atoms with Gasteiger partial charge in [-0.15, -0.1) is 0 Å². The number of alkyl halides is 3. The Bertz CT molecular complexity index is 352. The smallest absolute Gasteiger partial charge is 0.418 e. The summed E-state index contributed by atoms with van der Waals surface area (Å²) in [6.07, 6.45) is -7.20. The Morgan fingerprint density at radius 2 is 2.00 bits per heavy atom. The molecule has 0 saturated heterocycles. The van der Waals surface area contributed by atoms with Gasteiger partial charge in [-0.05, 0) is 18.2 Å². The van der Waals surface area contributed by atoms with E-state index < -0.39 is 12.3 Å². The molecule has 15 heavy (non-hydrogen) atoms. The summed E-state index contributed by atoms with van der Waals surface area (Å²) in [5.41, 5.74) is -0.262. The molecule has 0 amide bonds. The molecule has 1 aromatic carbocycles. The number of rotatable bonds is 2. The molecule has 84 valence electrons. The Morgan fingerprint density at radius 3 is 2.47 bits per heavy atom. The topological polar surface area (TPSA) is 29.5 Å². The molecule has 0 heterocycles. The Labute approximate surface area is 92.8 Å². The van der Waals surface area contributed by atoms with Crippen molar-refractivity contribution in [1.29, 1.82) is 0 Å². The summed E-state index contributed by atoms with van der Waals surface area (Å²) in [7, 11) is 1.34. The van der Waals surface area contributed by atoms with Gasteiger partial charge in [0.1, 0.15) is 5.75 Å². The molecule has 1 aromatic rings. The molecule has 1 atom stereocenters. The fraction of sp³-hybridized carbons (Fsp3) is 0.333. The summed E-state index contributed by atoms with van der Waals surface area (Å²) < 4.78 is 41.7. The Morgan fingerprint density at radius 1 is 1.40 bits per heavy atom. The lowest BCUT2D eigenvalue weighted by Gasteiger charge is -2.16. The molecular formula is C9H8BrF3O2. The van der Waals surface area contributed by atoms with E-state index in [1.54, 1.807) is 0 Å². The first kappa shape index (κ1) is 12.3. The zero-order valence-corrected chi connectivity index (χ0v) is 9.26. The third-order valence-electron chi connectivity index (χ3n) is 1.81. The average Bonchev–Trinajstić information content (AvgIpc) is 2.16. The number of aliphatic hydroxyl groups excluding tert-OH is 1. The molecule has 0 aliphatic heterocycles. The second-order valence-corrected chi connectivity index (χ2v) is 3.69. The molecule has 2 nitrogen and oxygen atoms in total. The third-order valence-corrected chi connectivity index (χ3v) is 2.53. The second kappa shape index (κ2) is 4.40. The number of hydrogen-bond acceptors (Lipinski definition) is 2. The van der Waals surface area contributed by atoms with E-state index in [2.05, 4.69) is 15.9 Å². The normalized spacial score (nSPS) is 13.7. The quantitative estimate of drug-likeness (QED) is 0.905. The maximum absolute atomic E-state index is 12.2. The van der Waals surface area contributed by atoms with E-state index in [4.69, 9.17) is 9.84 Å². The molecule has 0 fully saturated rings. The minimum absolute atomic E-state index is 0.188. The van der Waals surface area contributed by atoms with Crippen molar-refractivity contribution in [2.75, 3.05) is 7.11 Å². The maximum Gasteiger partial charge on any atom is 0.418 e. The van der Waals surface area contributed by atoms with Gasteiger partial charge in [0, 0.05) is 10.0 Å². The number of benzene rings is 1. The van der Waals surface area contributed by atoms with E-state index in [1.165, 1.54) is 19.2 Å². The lowest BCUT2D eigenvalue weighted by atomic mass is 10.1. The van der Waals surface area contributed by atoms with Gasteiger partial charge in [0.2, 0.25) is 0 Å². The molecule has 6 heteroatoms. The van der Waals surface area contributed by atoms with Crippen molar-refractivity contribution in [3.8, 4) is 5.75 Å². The summed E-state index contributed by atoms with van der Waals surface area (Å²) in [6.45, 7) is 0. The van der Waals surface area contributed by atoms with Crippen molar-refractivity contribution < 1.29 is 23.0 Å². The van der Waals surface area contributed by atoms with E-state index in [0.29, 0.717) is 0 Å². The Kier molecular flexibility index (Phi) is 3.62. The molecule has 0 aromatic heterocycles. The lowest BCUT2D eigenvalue weighted by Crippen LogP contribution is -2.20. The van der Waals surface area contributed by atoms with Gasteiger partial charge in [-0.3, -0.25) is 0 Å². The average molecular weight is 285 g/mol. The zero-order valence-electron chi connectivity index (χ0n) is 7.68. The van der Waals surface area contributed by atoms with E-state index in [9.17, 15) is 13.2 Å². The van der Waals surface area contributed by atoms with E-state index in [0.717, 1.165) is 6.07 Å². The van der Waals surface area contributed by atoms with Crippen LogP contribution in [0.1, 0.15) is 11.7 Å². The molecule has 1 N–H and O–H groups in total. The first-order valence-corrected chi connectivity index (χ1v) is 4.73. The zero-order chi connectivity index (χ0) is 11.6. The third kappa shape index (κ3) is 2.85. The van der Waals surface area contributed by atoms with Gasteiger partial charge >= 0.3 is 6.18 Å². The van der Waals surface area contributed by atoms with Gasteiger partial charge in [0.25, 0.3) is 0 Å². The predicted molar refractivity (Wildman–Crippen MR) is 51.7 cm³/mol. The van der Waals surface area contributed by atoms with Gasteiger partial charge in [-0.2, -0.15) is 13.2 Å². The predicted octanol–water partition coefficient (Wildman–Crippen LogP) is 3.05. The molecular weight excluding hydrogens is 277 g/mol. The van der Waals surface area contributed by atoms with E-state index in [1.807, 2.05) is 0 Å². The second-order valence-electron chi connectivity index (χ2n) is 2.83. The first-order valence-electron chi connectivity index (χ1n) is 3.94. The van der Waals surface area contributed by atoms with Crippen LogP contribution in [-0.4, -0.2) is 18.4 Å². The van der Waals surface area contributed by atoms with Gasteiger partial charge in [-0.1, -0.05) is 15.9 Å². The summed E-state index contributed by atoms with van der Waals surface area (Å²) >= 11 is 2.94. The molecule has 0 bridgehead atoms. The Balaban J connectivity index is 3.12. The van der Waals surface area contributed by atoms with Gasteiger partial charge < -0.3 is 9.84 Å². The first-order chi connectivity index (χ1) is 6.86. The van der Waals surface area contributed by atoms with Crippen LogP contribution in [-0.2, 0) is 0 Å². The van der Waals surface area contributed by atoms with Gasteiger partial charge in [-0.25, -0.2) is 0 Å². The van der Waals surface area contributed by atoms with Crippen LogP contribution in [0.4, 0.5) is 13.2 Å². The van der Waals surface area contributed by atoms with E-state index in [-0.39, 0.29) is 15.8 Å². The summed E-state index contributed by atoms with van der Waals surface area (Å²) in [5, 5.41) is 9.05. The number of methoxy groups -OCH3 is 1. The van der Waals surface area contributed by atoms with Crippen LogP contribution in [0.15, 0.2) is 22.7 Å². The molecule has 0 aliphatic rings.